The molecule has 3 heteroatoms. The van der Waals surface area contributed by atoms with E-state index in [1.165, 1.54) is 11.3 Å². The van der Waals surface area contributed by atoms with Gasteiger partial charge in [-0.25, -0.2) is 0 Å². The molecule has 0 aliphatic rings. The Kier molecular flexibility index (Phi) is 5.34. The maximum absolute atomic E-state index is 12.0. The summed E-state index contributed by atoms with van der Waals surface area (Å²) in [6.07, 6.45) is 4.20. The zero-order chi connectivity index (χ0) is 11.3. The Hall–Kier alpha value is -0.340. The molecule has 0 saturated heterocycles. The lowest BCUT2D eigenvalue weighted by Crippen LogP contribution is -2.12. The Morgan fingerprint density at radius 3 is 2.67 bits per heavy atom. The van der Waals surface area contributed by atoms with Crippen LogP contribution in [0.5, 0.6) is 0 Å². The monoisotopic (exact) mass is 244 g/mol. The van der Waals surface area contributed by atoms with Gasteiger partial charge in [-0.15, -0.1) is 11.3 Å². The van der Waals surface area contributed by atoms with Crippen LogP contribution in [0.3, 0.4) is 0 Å². The van der Waals surface area contributed by atoms with Gasteiger partial charge in [0.05, 0.1) is 9.21 Å². The van der Waals surface area contributed by atoms with E-state index >= 15 is 0 Å². The number of carbonyl (C=O) groups excluding carboxylic acids is 1. The van der Waals surface area contributed by atoms with Crippen molar-refractivity contribution < 1.29 is 4.79 Å². The Bertz CT molecular complexity index is 319. The maximum atomic E-state index is 12.0. The van der Waals surface area contributed by atoms with E-state index in [-0.39, 0.29) is 11.7 Å². The van der Waals surface area contributed by atoms with Gasteiger partial charge < -0.3 is 0 Å². The molecule has 0 aliphatic carbocycles. The van der Waals surface area contributed by atoms with Crippen LogP contribution >= 0.6 is 22.9 Å². The zero-order valence-electron chi connectivity index (χ0n) is 9.25. The van der Waals surface area contributed by atoms with Crippen LogP contribution in [0.25, 0.3) is 0 Å². The number of ketones is 1. The number of rotatable bonds is 6. The van der Waals surface area contributed by atoms with Crippen molar-refractivity contribution in [1.82, 2.24) is 0 Å². The third kappa shape index (κ3) is 3.62. The number of Topliss-reactive ketones (excluding diaryl/α,β-unsaturated/α-hetero) is 1. The van der Waals surface area contributed by atoms with Crippen LogP contribution in [0.2, 0.25) is 4.34 Å². The minimum absolute atomic E-state index is 0.180. The van der Waals surface area contributed by atoms with Gasteiger partial charge in [-0.1, -0.05) is 38.3 Å². The van der Waals surface area contributed by atoms with E-state index in [2.05, 4.69) is 13.8 Å². The van der Waals surface area contributed by atoms with E-state index in [4.69, 9.17) is 11.6 Å². The largest absolute Gasteiger partial charge is 0.293 e. The lowest BCUT2D eigenvalue weighted by Gasteiger charge is -2.11. The number of halogens is 1. The summed E-state index contributed by atoms with van der Waals surface area (Å²) < 4.78 is 0.698. The molecular formula is C12H17ClOS. The Morgan fingerprint density at radius 1 is 1.47 bits per heavy atom. The summed E-state index contributed by atoms with van der Waals surface area (Å²) in [5.74, 6) is 0.447. The molecular weight excluding hydrogens is 228 g/mol. The van der Waals surface area contributed by atoms with Crippen LogP contribution in [0.1, 0.15) is 49.2 Å². The fourth-order valence-corrected chi connectivity index (χ4v) is 2.68. The highest BCUT2D eigenvalue weighted by Crippen LogP contribution is 2.26. The van der Waals surface area contributed by atoms with Crippen LogP contribution in [0.4, 0.5) is 0 Å². The van der Waals surface area contributed by atoms with Crippen molar-refractivity contribution in [2.45, 2.75) is 39.5 Å². The van der Waals surface area contributed by atoms with Crippen molar-refractivity contribution in [3.8, 4) is 0 Å². The van der Waals surface area contributed by atoms with Crippen molar-refractivity contribution in [2.24, 2.45) is 5.92 Å². The Balaban J connectivity index is 2.64. The van der Waals surface area contributed by atoms with Gasteiger partial charge >= 0.3 is 0 Å². The highest BCUT2D eigenvalue weighted by Gasteiger charge is 2.18. The second kappa shape index (κ2) is 6.29. The smallest absolute Gasteiger partial charge is 0.175 e. The molecule has 0 saturated carbocycles. The van der Waals surface area contributed by atoms with Gasteiger partial charge in [0.2, 0.25) is 0 Å². The summed E-state index contributed by atoms with van der Waals surface area (Å²) >= 11 is 7.21. The highest BCUT2D eigenvalue weighted by atomic mass is 35.5. The summed E-state index contributed by atoms with van der Waals surface area (Å²) in [6.45, 7) is 4.23. The summed E-state index contributed by atoms with van der Waals surface area (Å²) in [5.41, 5.74) is 0. The standard InChI is InChI=1S/C12H17ClOS/c1-3-5-6-9(4-2)12(14)10-7-8-11(13)15-10/h7-9H,3-6H2,1-2H3. The second-order valence-electron chi connectivity index (χ2n) is 3.72. The van der Waals surface area contributed by atoms with E-state index in [1.807, 2.05) is 6.07 Å². The van der Waals surface area contributed by atoms with Gasteiger partial charge in [-0.2, -0.15) is 0 Å². The molecule has 1 atom stereocenters. The van der Waals surface area contributed by atoms with Gasteiger partial charge in [-0.3, -0.25) is 4.79 Å². The average molecular weight is 245 g/mol. The zero-order valence-corrected chi connectivity index (χ0v) is 10.8. The number of hydrogen-bond donors (Lipinski definition) is 0. The molecule has 0 fully saturated rings. The Labute approximate surface area is 100 Å². The molecule has 1 heterocycles. The van der Waals surface area contributed by atoms with Gasteiger partial charge in [0, 0.05) is 5.92 Å². The van der Waals surface area contributed by atoms with Gasteiger partial charge in [0.25, 0.3) is 0 Å². The summed E-state index contributed by atoms with van der Waals surface area (Å²) in [5, 5.41) is 0. The first-order valence-corrected chi connectivity index (χ1v) is 6.68. The number of carbonyl (C=O) groups is 1. The molecule has 1 aromatic heterocycles. The molecule has 0 N–H and O–H groups in total. The molecule has 0 bridgehead atoms. The third-order valence-corrected chi connectivity index (χ3v) is 3.83. The summed E-state index contributed by atoms with van der Waals surface area (Å²) in [6, 6.07) is 3.63. The summed E-state index contributed by atoms with van der Waals surface area (Å²) in [7, 11) is 0. The fourth-order valence-electron chi connectivity index (χ4n) is 1.62. The molecule has 0 amide bonds. The quantitative estimate of drug-likeness (QED) is 0.657. The molecule has 0 radical (unpaired) electrons. The van der Waals surface area contributed by atoms with Crippen LogP contribution in [-0.4, -0.2) is 5.78 Å². The van der Waals surface area contributed by atoms with Crippen molar-refractivity contribution in [3.05, 3.63) is 21.3 Å². The molecule has 15 heavy (non-hydrogen) atoms. The SMILES string of the molecule is CCCCC(CC)C(=O)c1ccc(Cl)s1. The van der Waals surface area contributed by atoms with Crippen molar-refractivity contribution in [3.63, 3.8) is 0 Å². The number of unbranched alkanes of at least 4 members (excludes halogenated alkanes) is 1. The van der Waals surface area contributed by atoms with Gasteiger partial charge in [0.15, 0.2) is 5.78 Å². The molecule has 1 aromatic rings. The number of hydrogen-bond acceptors (Lipinski definition) is 2. The predicted octanol–water partition coefficient (Wildman–Crippen LogP) is 4.80. The average Bonchev–Trinajstić information content (AvgIpc) is 2.65. The Morgan fingerprint density at radius 2 is 2.20 bits per heavy atom. The fraction of sp³-hybridized carbons (Fsp3) is 0.583. The molecule has 84 valence electrons. The van der Waals surface area contributed by atoms with Crippen LogP contribution < -0.4 is 0 Å². The molecule has 1 unspecified atom stereocenters. The predicted molar refractivity (Wildman–Crippen MR) is 67.0 cm³/mol. The van der Waals surface area contributed by atoms with Crippen LogP contribution in [-0.2, 0) is 0 Å². The number of thiophene rings is 1. The minimum atomic E-state index is 0.180. The lowest BCUT2D eigenvalue weighted by molar-refractivity contribution is 0.0912. The van der Waals surface area contributed by atoms with Crippen LogP contribution in [0, 0.1) is 5.92 Å². The van der Waals surface area contributed by atoms with E-state index in [9.17, 15) is 4.79 Å². The first-order valence-electron chi connectivity index (χ1n) is 5.48. The van der Waals surface area contributed by atoms with E-state index in [0.29, 0.717) is 4.34 Å². The van der Waals surface area contributed by atoms with Crippen molar-refractivity contribution >= 4 is 28.7 Å². The third-order valence-electron chi connectivity index (χ3n) is 2.59. The van der Waals surface area contributed by atoms with E-state index in [0.717, 1.165) is 30.6 Å². The topological polar surface area (TPSA) is 17.1 Å². The molecule has 1 nitrogen and oxygen atoms in total. The summed E-state index contributed by atoms with van der Waals surface area (Å²) in [4.78, 5) is 12.9. The lowest BCUT2D eigenvalue weighted by atomic mass is 9.94. The van der Waals surface area contributed by atoms with E-state index in [1.54, 1.807) is 6.07 Å². The highest BCUT2D eigenvalue weighted by molar-refractivity contribution is 7.18. The van der Waals surface area contributed by atoms with Crippen LogP contribution in [0.15, 0.2) is 12.1 Å². The van der Waals surface area contributed by atoms with Crippen molar-refractivity contribution in [1.29, 1.82) is 0 Å². The minimum Gasteiger partial charge on any atom is -0.293 e. The van der Waals surface area contributed by atoms with Gasteiger partial charge in [0.1, 0.15) is 0 Å². The van der Waals surface area contributed by atoms with Gasteiger partial charge in [-0.05, 0) is 25.0 Å². The first-order chi connectivity index (χ1) is 7.19. The molecule has 0 aliphatic heterocycles. The first kappa shape index (κ1) is 12.7. The molecule has 0 aromatic carbocycles. The molecule has 0 spiro atoms. The second-order valence-corrected chi connectivity index (χ2v) is 5.43. The molecule has 1 rings (SSSR count). The van der Waals surface area contributed by atoms with E-state index < -0.39 is 0 Å². The normalized spacial score (nSPS) is 12.7. The van der Waals surface area contributed by atoms with Crippen molar-refractivity contribution in [2.75, 3.05) is 0 Å². The maximum Gasteiger partial charge on any atom is 0.175 e.